The van der Waals surface area contributed by atoms with E-state index in [1.165, 1.54) is 0 Å². The quantitative estimate of drug-likeness (QED) is 0.776. The topological polar surface area (TPSA) is 25.8 Å². The minimum atomic E-state index is 0.765. The summed E-state index contributed by atoms with van der Waals surface area (Å²) in [6.07, 6.45) is 1.87. The van der Waals surface area contributed by atoms with Crippen LogP contribution in [0, 0.1) is 6.92 Å². The third-order valence-corrected chi connectivity index (χ3v) is 2.77. The summed E-state index contributed by atoms with van der Waals surface area (Å²) in [5.41, 5.74) is 3.22. The molecular weight excluding hydrogens is 252 g/mol. The standard InChI is InChI=1S/C12H11BrN2/c1-9-8-14-12(15-11(9)7-13)10-5-3-2-4-6-10/h2-6,8H,7H2,1H3. The van der Waals surface area contributed by atoms with Crippen molar-refractivity contribution in [2.45, 2.75) is 12.3 Å². The van der Waals surface area contributed by atoms with Gasteiger partial charge in [0.1, 0.15) is 0 Å². The summed E-state index contributed by atoms with van der Waals surface area (Å²) in [6.45, 7) is 2.02. The van der Waals surface area contributed by atoms with E-state index in [2.05, 4.69) is 25.9 Å². The van der Waals surface area contributed by atoms with E-state index in [1.807, 2.05) is 43.5 Å². The first kappa shape index (κ1) is 10.3. The number of alkyl halides is 1. The molecule has 15 heavy (non-hydrogen) atoms. The smallest absolute Gasteiger partial charge is 0.159 e. The third kappa shape index (κ3) is 2.23. The van der Waals surface area contributed by atoms with Gasteiger partial charge in [-0.05, 0) is 12.5 Å². The van der Waals surface area contributed by atoms with Crippen molar-refractivity contribution < 1.29 is 0 Å². The summed E-state index contributed by atoms with van der Waals surface area (Å²) in [6, 6.07) is 10.0. The highest BCUT2D eigenvalue weighted by Gasteiger charge is 2.03. The molecule has 0 aliphatic heterocycles. The van der Waals surface area contributed by atoms with Crippen LogP contribution in [0.2, 0.25) is 0 Å². The molecule has 0 atom stereocenters. The molecule has 2 nitrogen and oxygen atoms in total. The number of halogens is 1. The first-order chi connectivity index (χ1) is 7.31. The van der Waals surface area contributed by atoms with Gasteiger partial charge in [0.15, 0.2) is 5.82 Å². The fraction of sp³-hybridized carbons (Fsp3) is 0.167. The van der Waals surface area contributed by atoms with Gasteiger partial charge < -0.3 is 0 Å². The average molecular weight is 263 g/mol. The van der Waals surface area contributed by atoms with Crippen molar-refractivity contribution >= 4 is 15.9 Å². The minimum absolute atomic E-state index is 0.765. The molecular formula is C12H11BrN2. The highest BCUT2D eigenvalue weighted by Crippen LogP contribution is 2.16. The second-order valence-corrected chi connectivity index (χ2v) is 3.88. The number of aryl methyl sites for hydroxylation is 1. The van der Waals surface area contributed by atoms with Crippen molar-refractivity contribution in [3.05, 3.63) is 47.8 Å². The summed E-state index contributed by atoms with van der Waals surface area (Å²) in [7, 11) is 0. The van der Waals surface area contributed by atoms with E-state index in [9.17, 15) is 0 Å². The predicted octanol–water partition coefficient (Wildman–Crippen LogP) is 3.35. The lowest BCUT2D eigenvalue weighted by molar-refractivity contribution is 1.06. The first-order valence-electron chi connectivity index (χ1n) is 4.75. The molecule has 3 heteroatoms. The van der Waals surface area contributed by atoms with Gasteiger partial charge in [-0.25, -0.2) is 9.97 Å². The highest BCUT2D eigenvalue weighted by molar-refractivity contribution is 9.08. The molecule has 0 N–H and O–H groups in total. The van der Waals surface area contributed by atoms with Gasteiger partial charge in [0.05, 0.1) is 5.69 Å². The summed E-state index contributed by atoms with van der Waals surface area (Å²) in [4.78, 5) is 8.83. The Labute approximate surface area is 97.5 Å². The zero-order valence-electron chi connectivity index (χ0n) is 8.44. The van der Waals surface area contributed by atoms with Crippen LogP contribution in [-0.2, 0) is 5.33 Å². The lowest BCUT2D eigenvalue weighted by Gasteiger charge is -2.04. The molecule has 1 aromatic heterocycles. The van der Waals surface area contributed by atoms with Crippen molar-refractivity contribution in [3.8, 4) is 11.4 Å². The van der Waals surface area contributed by atoms with Crippen LogP contribution in [0.1, 0.15) is 11.3 Å². The van der Waals surface area contributed by atoms with Crippen LogP contribution in [-0.4, -0.2) is 9.97 Å². The number of aromatic nitrogens is 2. The van der Waals surface area contributed by atoms with E-state index >= 15 is 0 Å². The molecule has 2 rings (SSSR count). The van der Waals surface area contributed by atoms with Crippen molar-refractivity contribution in [3.63, 3.8) is 0 Å². The second kappa shape index (κ2) is 4.53. The van der Waals surface area contributed by atoms with Crippen LogP contribution in [0.25, 0.3) is 11.4 Å². The van der Waals surface area contributed by atoms with Crippen molar-refractivity contribution in [1.29, 1.82) is 0 Å². The molecule has 0 radical (unpaired) electrons. The Bertz CT molecular complexity index is 454. The van der Waals surface area contributed by atoms with E-state index in [0.717, 1.165) is 28.0 Å². The molecule has 0 unspecified atom stereocenters. The van der Waals surface area contributed by atoms with Gasteiger partial charge in [-0.3, -0.25) is 0 Å². The molecule has 0 spiro atoms. The van der Waals surface area contributed by atoms with Gasteiger partial charge in [0, 0.05) is 17.1 Å². The Kier molecular flexibility index (Phi) is 3.11. The van der Waals surface area contributed by atoms with Crippen LogP contribution in [0.3, 0.4) is 0 Å². The molecule has 76 valence electrons. The molecule has 2 aromatic rings. The number of rotatable bonds is 2. The molecule has 1 aromatic carbocycles. The molecule has 0 aliphatic rings. The van der Waals surface area contributed by atoms with Crippen molar-refractivity contribution in [1.82, 2.24) is 9.97 Å². The Morgan fingerprint density at radius 3 is 2.60 bits per heavy atom. The van der Waals surface area contributed by atoms with Gasteiger partial charge in [-0.15, -0.1) is 0 Å². The van der Waals surface area contributed by atoms with Crippen LogP contribution in [0.4, 0.5) is 0 Å². The average Bonchev–Trinajstić information content (AvgIpc) is 2.31. The van der Waals surface area contributed by atoms with E-state index in [-0.39, 0.29) is 0 Å². The normalized spacial score (nSPS) is 10.3. The molecule has 0 fully saturated rings. The van der Waals surface area contributed by atoms with E-state index in [4.69, 9.17) is 0 Å². The maximum Gasteiger partial charge on any atom is 0.159 e. The first-order valence-corrected chi connectivity index (χ1v) is 5.87. The van der Waals surface area contributed by atoms with Crippen LogP contribution in [0.15, 0.2) is 36.5 Å². The molecule has 0 amide bonds. The van der Waals surface area contributed by atoms with Gasteiger partial charge in [-0.1, -0.05) is 46.3 Å². The summed E-state index contributed by atoms with van der Waals surface area (Å²) in [5, 5.41) is 0.765. The molecule has 0 saturated heterocycles. The van der Waals surface area contributed by atoms with E-state index in [1.54, 1.807) is 0 Å². The fourth-order valence-corrected chi connectivity index (χ4v) is 1.91. The molecule has 0 bridgehead atoms. The Morgan fingerprint density at radius 1 is 1.20 bits per heavy atom. The van der Waals surface area contributed by atoms with Gasteiger partial charge in [0.2, 0.25) is 0 Å². The van der Waals surface area contributed by atoms with Gasteiger partial charge in [0.25, 0.3) is 0 Å². The third-order valence-electron chi connectivity index (χ3n) is 2.24. The van der Waals surface area contributed by atoms with E-state index < -0.39 is 0 Å². The summed E-state index contributed by atoms with van der Waals surface area (Å²) >= 11 is 3.42. The zero-order valence-corrected chi connectivity index (χ0v) is 10.0. The number of hydrogen-bond donors (Lipinski definition) is 0. The van der Waals surface area contributed by atoms with Crippen molar-refractivity contribution in [2.75, 3.05) is 0 Å². The Morgan fingerprint density at radius 2 is 1.93 bits per heavy atom. The predicted molar refractivity (Wildman–Crippen MR) is 64.8 cm³/mol. The lowest BCUT2D eigenvalue weighted by atomic mass is 10.2. The monoisotopic (exact) mass is 262 g/mol. The molecule has 0 aliphatic carbocycles. The lowest BCUT2D eigenvalue weighted by Crippen LogP contribution is -1.96. The van der Waals surface area contributed by atoms with Gasteiger partial charge in [-0.2, -0.15) is 0 Å². The minimum Gasteiger partial charge on any atom is -0.236 e. The maximum absolute atomic E-state index is 4.50. The zero-order chi connectivity index (χ0) is 10.7. The number of hydrogen-bond acceptors (Lipinski definition) is 2. The van der Waals surface area contributed by atoms with Crippen LogP contribution >= 0.6 is 15.9 Å². The summed E-state index contributed by atoms with van der Waals surface area (Å²) < 4.78 is 0. The number of benzene rings is 1. The second-order valence-electron chi connectivity index (χ2n) is 3.32. The largest absolute Gasteiger partial charge is 0.236 e. The van der Waals surface area contributed by atoms with E-state index in [0.29, 0.717) is 0 Å². The molecule has 1 heterocycles. The maximum atomic E-state index is 4.50. The van der Waals surface area contributed by atoms with Gasteiger partial charge >= 0.3 is 0 Å². The Balaban J connectivity index is 2.46. The van der Waals surface area contributed by atoms with Crippen LogP contribution < -0.4 is 0 Å². The number of nitrogens with zero attached hydrogens (tertiary/aromatic N) is 2. The highest BCUT2D eigenvalue weighted by atomic mass is 79.9. The SMILES string of the molecule is Cc1cnc(-c2ccccc2)nc1CBr. The van der Waals surface area contributed by atoms with Crippen LogP contribution in [0.5, 0.6) is 0 Å². The van der Waals surface area contributed by atoms with Crippen molar-refractivity contribution in [2.24, 2.45) is 0 Å². The summed E-state index contributed by atoms with van der Waals surface area (Å²) in [5.74, 6) is 0.788. The fourth-order valence-electron chi connectivity index (χ4n) is 1.34. The Hall–Kier alpha value is -1.22. The molecule has 0 saturated carbocycles.